The van der Waals surface area contributed by atoms with Crippen molar-refractivity contribution in [3.63, 3.8) is 0 Å². The standard InChI is InChI=1S/C19H33NO/c1-4-5-6-7-8-9-10-11-12-13-14-20-17(2)15-19(16-21)18(20)3/h15-16H,4-14H2,1-3H3. The molecule has 1 rings (SSSR count). The minimum absolute atomic E-state index is 0.847. The van der Waals surface area contributed by atoms with Crippen LogP contribution in [-0.2, 0) is 6.54 Å². The molecule has 0 atom stereocenters. The molecule has 120 valence electrons. The first-order valence-electron chi connectivity index (χ1n) is 8.82. The maximum atomic E-state index is 10.9. The molecule has 0 aliphatic rings. The van der Waals surface area contributed by atoms with Crippen molar-refractivity contribution in [2.24, 2.45) is 0 Å². The number of carbonyl (C=O) groups is 1. The van der Waals surface area contributed by atoms with Crippen LogP contribution in [0.5, 0.6) is 0 Å². The van der Waals surface area contributed by atoms with Crippen LogP contribution >= 0.6 is 0 Å². The molecule has 1 heterocycles. The fraction of sp³-hybridized carbons (Fsp3) is 0.737. The lowest BCUT2D eigenvalue weighted by Crippen LogP contribution is -2.03. The Morgan fingerprint density at radius 2 is 1.43 bits per heavy atom. The van der Waals surface area contributed by atoms with Gasteiger partial charge in [-0.05, 0) is 26.3 Å². The van der Waals surface area contributed by atoms with Gasteiger partial charge in [-0.3, -0.25) is 4.79 Å². The van der Waals surface area contributed by atoms with Crippen LogP contribution in [0, 0.1) is 13.8 Å². The Hall–Kier alpha value is -1.05. The van der Waals surface area contributed by atoms with Gasteiger partial charge in [0.05, 0.1) is 0 Å². The summed E-state index contributed by atoms with van der Waals surface area (Å²) in [6.45, 7) is 7.47. The predicted molar refractivity (Wildman–Crippen MR) is 91.1 cm³/mol. The Kier molecular flexibility index (Phi) is 9.12. The van der Waals surface area contributed by atoms with Crippen LogP contribution in [0.4, 0.5) is 0 Å². The highest BCUT2D eigenvalue weighted by molar-refractivity contribution is 5.77. The van der Waals surface area contributed by atoms with Gasteiger partial charge in [-0.15, -0.1) is 0 Å². The van der Waals surface area contributed by atoms with E-state index in [1.807, 2.05) is 13.0 Å². The number of aldehydes is 1. The molecule has 0 aliphatic carbocycles. The number of rotatable bonds is 12. The third-order valence-electron chi connectivity index (χ3n) is 4.48. The van der Waals surface area contributed by atoms with Gasteiger partial charge in [0, 0.05) is 23.5 Å². The van der Waals surface area contributed by atoms with E-state index in [2.05, 4.69) is 18.4 Å². The van der Waals surface area contributed by atoms with Crippen LogP contribution < -0.4 is 0 Å². The minimum atomic E-state index is 0.847. The quantitative estimate of drug-likeness (QED) is 0.350. The third-order valence-corrected chi connectivity index (χ3v) is 4.48. The van der Waals surface area contributed by atoms with E-state index >= 15 is 0 Å². The molecular weight excluding hydrogens is 258 g/mol. The molecular formula is C19H33NO. The zero-order chi connectivity index (χ0) is 15.5. The maximum absolute atomic E-state index is 10.9. The summed E-state index contributed by atoms with van der Waals surface area (Å²) in [6, 6.07) is 2.00. The van der Waals surface area contributed by atoms with E-state index in [-0.39, 0.29) is 0 Å². The topological polar surface area (TPSA) is 22.0 Å². The summed E-state index contributed by atoms with van der Waals surface area (Å²) >= 11 is 0. The summed E-state index contributed by atoms with van der Waals surface area (Å²) in [4.78, 5) is 10.9. The molecule has 2 nitrogen and oxygen atoms in total. The highest BCUT2D eigenvalue weighted by Crippen LogP contribution is 2.15. The third kappa shape index (κ3) is 6.50. The molecule has 1 aromatic heterocycles. The predicted octanol–water partition coefficient (Wildman–Crippen LogP) is 5.84. The maximum Gasteiger partial charge on any atom is 0.151 e. The van der Waals surface area contributed by atoms with E-state index < -0.39 is 0 Å². The fourth-order valence-corrected chi connectivity index (χ4v) is 3.05. The van der Waals surface area contributed by atoms with Gasteiger partial charge >= 0.3 is 0 Å². The number of hydrogen-bond acceptors (Lipinski definition) is 1. The van der Waals surface area contributed by atoms with Gasteiger partial charge < -0.3 is 4.57 Å². The van der Waals surface area contributed by atoms with Crippen molar-refractivity contribution in [2.75, 3.05) is 0 Å². The first-order valence-corrected chi connectivity index (χ1v) is 8.82. The van der Waals surface area contributed by atoms with Crippen LogP contribution in [0.1, 0.15) is 92.9 Å². The van der Waals surface area contributed by atoms with Crippen LogP contribution in [0.2, 0.25) is 0 Å². The summed E-state index contributed by atoms with van der Waals surface area (Å²) in [5.41, 5.74) is 3.18. The van der Waals surface area contributed by atoms with Crippen molar-refractivity contribution in [3.05, 3.63) is 23.0 Å². The van der Waals surface area contributed by atoms with E-state index in [4.69, 9.17) is 0 Å². The number of aryl methyl sites for hydroxylation is 1. The van der Waals surface area contributed by atoms with E-state index in [9.17, 15) is 4.79 Å². The zero-order valence-electron chi connectivity index (χ0n) is 14.3. The summed E-state index contributed by atoms with van der Waals surface area (Å²) in [5.74, 6) is 0. The molecule has 0 fully saturated rings. The number of carbonyl (C=O) groups excluding carboxylic acids is 1. The largest absolute Gasteiger partial charge is 0.348 e. The van der Waals surface area contributed by atoms with E-state index in [1.165, 1.54) is 69.9 Å². The lowest BCUT2D eigenvalue weighted by atomic mass is 10.1. The van der Waals surface area contributed by atoms with Gasteiger partial charge in [-0.2, -0.15) is 0 Å². The molecule has 21 heavy (non-hydrogen) atoms. The van der Waals surface area contributed by atoms with Crippen molar-refractivity contribution in [1.82, 2.24) is 4.57 Å². The normalized spacial score (nSPS) is 11.0. The lowest BCUT2D eigenvalue weighted by Gasteiger charge is -2.09. The van der Waals surface area contributed by atoms with Gasteiger partial charge in [0.15, 0.2) is 6.29 Å². The summed E-state index contributed by atoms with van der Waals surface area (Å²) in [6.07, 6.45) is 14.6. The summed E-state index contributed by atoms with van der Waals surface area (Å²) < 4.78 is 2.29. The SMILES string of the molecule is CCCCCCCCCCCCn1c(C)cc(C=O)c1C. The van der Waals surface area contributed by atoms with Gasteiger partial charge in [-0.25, -0.2) is 0 Å². The fourth-order valence-electron chi connectivity index (χ4n) is 3.05. The second kappa shape index (κ2) is 10.6. The monoisotopic (exact) mass is 291 g/mol. The molecule has 0 unspecified atom stereocenters. The van der Waals surface area contributed by atoms with E-state index in [0.717, 1.165) is 24.1 Å². The molecule has 0 saturated heterocycles. The molecule has 0 radical (unpaired) electrons. The summed E-state index contributed by atoms with van der Waals surface area (Å²) in [7, 11) is 0. The molecule has 2 heteroatoms. The molecule has 0 bridgehead atoms. The molecule has 0 amide bonds. The average Bonchev–Trinajstić information content (AvgIpc) is 2.76. The van der Waals surface area contributed by atoms with Crippen LogP contribution in [0.3, 0.4) is 0 Å². The van der Waals surface area contributed by atoms with Gasteiger partial charge in [0.2, 0.25) is 0 Å². The first kappa shape index (κ1) is 18.0. The Morgan fingerprint density at radius 3 is 1.90 bits per heavy atom. The molecule has 0 saturated carbocycles. The van der Waals surface area contributed by atoms with Crippen molar-refractivity contribution >= 4 is 6.29 Å². The van der Waals surface area contributed by atoms with Crippen LogP contribution in [0.15, 0.2) is 6.07 Å². The Morgan fingerprint density at radius 1 is 0.905 bits per heavy atom. The molecule has 0 spiro atoms. The average molecular weight is 291 g/mol. The second-order valence-corrected chi connectivity index (χ2v) is 6.28. The van der Waals surface area contributed by atoms with Gasteiger partial charge in [0.25, 0.3) is 0 Å². The Labute approximate surface area is 130 Å². The molecule has 0 aromatic carbocycles. The van der Waals surface area contributed by atoms with Crippen LogP contribution in [-0.4, -0.2) is 10.9 Å². The zero-order valence-corrected chi connectivity index (χ0v) is 14.3. The van der Waals surface area contributed by atoms with Crippen molar-refractivity contribution in [2.45, 2.75) is 91.5 Å². The highest BCUT2D eigenvalue weighted by Gasteiger charge is 2.07. The lowest BCUT2D eigenvalue weighted by molar-refractivity contribution is 0.112. The Balaban J connectivity index is 2.07. The number of hydrogen-bond donors (Lipinski definition) is 0. The molecule has 0 aliphatic heterocycles. The van der Waals surface area contributed by atoms with Gasteiger partial charge in [0.1, 0.15) is 0 Å². The van der Waals surface area contributed by atoms with Crippen molar-refractivity contribution in [3.8, 4) is 0 Å². The number of aromatic nitrogens is 1. The van der Waals surface area contributed by atoms with Crippen molar-refractivity contribution < 1.29 is 4.79 Å². The second-order valence-electron chi connectivity index (χ2n) is 6.28. The molecule has 1 aromatic rings. The Bertz CT molecular complexity index is 406. The number of nitrogens with zero attached hydrogens (tertiary/aromatic N) is 1. The number of unbranched alkanes of at least 4 members (excludes halogenated alkanes) is 9. The van der Waals surface area contributed by atoms with Crippen LogP contribution in [0.25, 0.3) is 0 Å². The van der Waals surface area contributed by atoms with E-state index in [0.29, 0.717) is 0 Å². The van der Waals surface area contributed by atoms with Gasteiger partial charge in [-0.1, -0.05) is 64.7 Å². The van der Waals surface area contributed by atoms with E-state index in [1.54, 1.807) is 0 Å². The first-order chi connectivity index (χ1) is 10.2. The molecule has 0 N–H and O–H groups in total. The van der Waals surface area contributed by atoms with Crippen molar-refractivity contribution in [1.29, 1.82) is 0 Å². The summed E-state index contributed by atoms with van der Waals surface area (Å²) in [5, 5.41) is 0. The minimum Gasteiger partial charge on any atom is -0.348 e. The smallest absolute Gasteiger partial charge is 0.151 e. The highest BCUT2D eigenvalue weighted by atomic mass is 16.1.